The van der Waals surface area contributed by atoms with Crippen molar-refractivity contribution in [1.82, 2.24) is 0 Å². The summed E-state index contributed by atoms with van der Waals surface area (Å²) < 4.78 is 6.63. The van der Waals surface area contributed by atoms with Crippen LogP contribution in [0.4, 0.5) is 0 Å². The van der Waals surface area contributed by atoms with Crippen LogP contribution in [0.2, 0.25) is 36.3 Å². The fourth-order valence-electron chi connectivity index (χ4n) is 3.12. The van der Waals surface area contributed by atoms with Gasteiger partial charge in [-0.2, -0.15) is 0 Å². The Morgan fingerprint density at radius 1 is 0.471 bits per heavy atom. The van der Waals surface area contributed by atoms with Crippen LogP contribution in [0.3, 0.4) is 0 Å². The summed E-state index contributed by atoms with van der Waals surface area (Å²) >= 11 is 0. The third-order valence-corrected chi connectivity index (χ3v) is 20.9. The molecule has 0 saturated heterocycles. The van der Waals surface area contributed by atoms with E-state index in [0.29, 0.717) is 10.1 Å². The van der Waals surface area contributed by atoms with Crippen LogP contribution in [0.15, 0.2) is 91.0 Å². The van der Waals surface area contributed by atoms with Crippen LogP contribution in [0.25, 0.3) is 0 Å². The summed E-state index contributed by atoms with van der Waals surface area (Å²) in [6.45, 7) is 23.3. The summed E-state index contributed by atoms with van der Waals surface area (Å²) in [5, 5.41) is 4.84. The van der Waals surface area contributed by atoms with Crippen LogP contribution in [-0.2, 0) is 4.12 Å². The van der Waals surface area contributed by atoms with E-state index in [0.717, 1.165) is 0 Å². The molecule has 3 aromatic carbocycles. The Morgan fingerprint density at radius 2 is 0.706 bits per heavy atom. The zero-order valence-corrected chi connectivity index (χ0v) is 25.9. The van der Waals surface area contributed by atoms with Gasteiger partial charge in [0.15, 0.2) is 16.6 Å². The minimum atomic E-state index is -1.59. The summed E-state index contributed by atoms with van der Waals surface area (Å²) in [5.41, 5.74) is 0. The van der Waals surface area contributed by atoms with Crippen molar-refractivity contribution >= 4 is 40.5 Å². The molecule has 184 valence electrons. The first-order valence-corrected chi connectivity index (χ1v) is 19.5. The van der Waals surface area contributed by atoms with Gasteiger partial charge in [-0.1, -0.05) is 133 Å². The van der Waals surface area contributed by atoms with Gasteiger partial charge < -0.3 is 4.12 Å². The van der Waals surface area contributed by atoms with Crippen molar-refractivity contribution in [3.63, 3.8) is 0 Å². The summed E-state index contributed by atoms with van der Waals surface area (Å²) in [5.74, 6) is 0. The summed E-state index contributed by atoms with van der Waals surface area (Å²) in [7, 11) is -3.62. The number of hydrogen-bond acceptors (Lipinski definition) is 1. The number of benzene rings is 3. The van der Waals surface area contributed by atoms with E-state index in [2.05, 4.69) is 159 Å². The normalized spacial score (nSPS) is 12.8. The molecule has 0 aliphatic carbocycles. The molecule has 3 rings (SSSR count). The quantitative estimate of drug-likeness (QED) is 0.248. The van der Waals surface area contributed by atoms with E-state index in [-0.39, 0.29) is 0 Å². The van der Waals surface area contributed by atoms with Crippen molar-refractivity contribution < 1.29 is 4.12 Å². The van der Waals surface area contributed by atoms with Gasteiger partial charge in [-0.15, -0.1) is 0 Å². The molecule has 0 bridgehead atoms. The molecule has 0 aliphatic rings. The fraction of sp³-hybridized carbons (Fsp3) is 0.400. The summed E-state index contributed by atoms with van der Waals surface area (Å²) in [6, 6.07) is 32.3. The van der Waals surface area contributed by atoms with Gasteiger partial charge in [0.05, 0.1) is 0 Å². The van der Waals surface area contributed by atoms with Gasteiger partial charge in [0.1, 0.15) is 0 Å². The SMILES string of the molecule is CC(C)(C)[Si](C)(C)O[Si](C)(C)C(C)(C)C.c1ccc(P(c2ccccc2)c2ccccc2)cc1. The van der Waals surface area contributed by atoms with Gasteiger partial charge in [0.2, 0.25) is 0 Å². The first kappa shape index (κ1) is 28.7. The largest absolute Gasteiger partial charge is 0.455 e. The standard InChI is InChI=1S/C18H15P.C12H30OSi2/c1-4-10-16(11-5-1)19(17-12-6-2-7-13-17)18-14-8-3-9-15-18;1-11(2,3)14(7,8)13-15(9,10)12(4,5)6/h1-15H;1-10H3. The highest BCUT2D eigenvalue weighted by atomic mass is 31.1. The second-order valence-corrected chi connectivity index (χ2v) is 24.0. The molecule has 0 heterocycles. The highest BCUT2D eigenvalue weighted by Gasteiger charge is 2.46. The van der Waals surface area contributed by atoms with E-state index in [9.17, 15) is 0 Å². The smallest absolute Gasteiger partial charge is 0.178 e. The molecular formula is C30H45OPSi2. The molecule has 34 heavy (non-hydrogen) atoms. The third kappa shape index (κ3) is 7.75. The van der Waals surface area contributed by atoms with Crippen molar-refractivity contribution in [1.29, 1.82) is 0 Å². The molecule has 0 atom stereocenters. The van der Waals surface area contributed by atoms with Gasteiger partial charge in [-0.25, -0.2) is 0 Å². The minimum absolute atomic E-state index is 0.322. The molecule has 1 nitrogen and oxygen atoms in total. The second kappa shape index (κ2) is 11.5. The highest BCUT2D eigenvalue weighted by Crippen LogP contribution is 2.44. The molecule has 0 amide bonds. The Hall–Kier alpha value is -1.52. The zero-order chi connectivity index (χ0) is 25.6. The van der Waals surface area contributed by atoms with E-state index < -0.39 is 24.6 Å². The fourth-order valence-corrected chi connectivity index (χ4v) is 13.0. The lowest BCUT2D eigenvalue weighted by Gasteiger charge is -2.47. The topological polar surface area (TPSA) is 9.23 Å². The van der Waals surface area contributed by atoms with Crippen molar-refractivity contribution in [2.75, 3.05) is 0 Å². The number of hydrogen-bond donors (Lipinski definition) is 0. The van der Waals surface area contributed by atoms with E-state index in [1.807, 2.05) is 0 Å². The van der Waals surface area contributed by atoms with Crippen LogP contribution in [0.5, 0.6) is 0 Å². The molecule has 4 heteroatoms. The molecule has 0 saturated carbocycles. The molecule has 0 fully saturated rings. The minimum Gasteiger partial charge on any atom is -0.455 e. The Balaban J connectivity index is 0.000000249. The predicted octanol–water partition coefficient (Wildman–Crippen LogP) is 8.46. The molecule has 0 unspecified atom stereocenters. The van der Waals surface area contributed by atoms with E-state index in [4.69, 9.17) is 4.12 Å². The summed E-state index contributed by atoms with van der Waals surface area (Å²) in [6.07, 6.45) is 0. The van der Waals surface area contributed by atoms with Gasteiger partial charge in [0, 0.05) is 0 Å². The second-order valence-electron chi connectivity index (χ2n) is 12.0. The van der Waals surface area contributed by atoms with Crippen molar-refractivity contribution in [3.05, 3.63) is 91.0 Å². The summed E-state index contributed by atoms with van der Waals surface area (Å²) in [4.78, 5) is 0. The highest BCUT2D eigenvalue weighted by molar-refractivity contribution is 7.79. The molecule has 0 aromatic heterocycles. The lowest BCUT2D eigenvalue weighted by atomic mass is 10.2. The third-order valence-electron chi connectivity index (χ3n) is 7.17. The van der Waals surface area contributed by atoms with Crippen LogP contribution in [0.1, 0.15) is 41.5 Å². The Morgan fingerprint density at radius 3 is 0.912 bits per heavy atom. The molecular weight excluding hydrogens is 463 g/mol. The average Bonchev–Trinajstić information content (AvgIpc) is 2.74. The van der Waals surface area contributed by atoms with Crippen LogP contribution in [0, 0.1) is 0 Å². The first-order valence-electron chi connectivity index (χ1n) is 12.3. The van der Waals surface area contributed by atoms with Crippen LogP contribution in [-0.4, -0.2) is 16.6 Å². The van der Waals surface area contributed by atoms with Gasteiger partial charge in [0.25, 0.3) is 0 Å². The maximum atomic E-state index is 6.63. The molecule has 0 radical (unpaired) electrons. The van der Waals surface area contributed by atoms with E-state index in [1.165, 1.54) is 15.9 Å². The van der Waals surface area contributed by atoms with Gasteiger partial charge in [-0.05, 0) is 60.1 Å². The van der Waals surface area contributed by atoms with Gasteiger partial charge in [-0.3, -0.25) is 0 Å². The molecule has 0 spiro atoms. The maximum Gasteiger partial charge on any atom is 0.178 e. The van der Waals surface area contributed by atoms with Crippen LogP contribution >= 0.6 is 7.92 Å². The van der Waals surface area contributed by atoms with Crippen LogP contribution < -0.4 is 15.9 Å². The maximum absolute atomic E-state index is 6.63. The average molecular weight is 509 g/mol. The monoisotopic (exact) mass is 508 g/mol. The molecule has 0 N–H and O–H groups in total. The Kier molecular flexibility index (Phi) is 9.70. The molecule has 3 aromatic rings. The first-order chi connectivity index (χ1) is 15.7. The Bertz CT molecular complexity index is 871. The Labute approximate surface area is 213 Å². The lowest BCUT2D eigenvalue weighted by Crippen LogP contribution is -2.53. The van der Waals surface area contributed by atoms with Crippen molar-refractivity contribution in [3.8, 4) is 0 Å². The van der Waals surface area contributed by atoms with E-state index >= 15 is 0 Å². The zero-order valence-electron chi connectivity index (χ0n) is 23.0. The predicted molar refractivity (Wildman–Crippen MR) is 161 cm³/mol. The van der Waals surface area contributed by atoms with Crippen molar-refractivity contribution in [2.45, 2.75) is 77.8 Å². The number of rotatable bonds is 5. The van der Waals surface area contributed by atoms with E-state index in [1.54, 1.807) is 0 Å². The lowest BCUT2D eigenvalue weighted by molar-refractivity contribution is 0.449. The molecule has 0 aliphatic heterocycles. The van der Waals surface area contributed by atoms with Gasteiger partial charge >= 0.3 is 0 Å². The van der Waals surface area contributed by atoms with Crippen molar-refractivity contribution in [2.24, 2.45) is 0 Å².